The van der Waals surface area contributed by atoms with Crippen molar-refractivity contribution in [2.45, 2.75) is 20.0 Å². The molecule has 12 heteroatoms. The van der Waals surface area contributed by atoms with Crippen molar-refractivity contribution < 1.29 is 33.8 Å². The van der Waals surface area contributed by atoms with Gasteiger partial charge in [-0.3, -0.25) is 9.59 Å². The number of hydrazine groups is 1. The minimum Gasteiger partial charge on any atom is -0.480 e. The highest BCUT2D eigenvalue weighted by Crippen LogP contribution is 2.17. The molecule has 0 aromatic heterocycles. The topological polar surface area (TPSA) is 187 Å². The fraction of sp³-hybridized carbons (Fsp3) is 0.190. The lowest BCUT2D eigenvalue weighted by atomic mass is 10.2. The van der Waals surface area contributed by atoms with Crippen LogP contribution in [0.3, 0.4) is 0 Å². The van der Waals surface area contributed by atoms with Crippen LogP contribution in [0.25, 0.3) is 0 Å². The Kier molecular flexibility index (Phi) is 8.74. The van der Waals surface area contributed by atoms with Crippen LogP contribution in [-0.2, 0) is 20.9 Å². The number of carboxylic acids is 1. The Morgan fingerprint density at radius 2 is 1.67 bits per heavy atom. The Bertz CT molecular complexity index is 1030. The van der Waals surface area contributed by atoms with Gasteiger partial charge in [-0.15, -0.1) is 0 Å². The van der Waals surface area contributed by atoms with Gasteiger partial charge in [-0.25, -0.2) is 25.0 Å². The molecular weight excluding hydrogens is 434 g/mol. The lowest BCUT2D eigenvalue weighted by Gasteiger charge is -2.20. The fourth-order valence-corrected chi connectivity index (χ4v) is 2.45. The molecule has 0 spiro atoms. The molecule has 2 aromatic carbocycles. The molecular formula is C21H23N5O7. The number of carbonyl (C=O) groups excluding carboxylic acids is 3. The molecule has 0 aliphatic heterocycles. The minimum absolute atomic E-state index is 0.00809. The van der Waals surface area contributed by atoms with Crippen LogP contribution in [-0.4, -0.2) is 46.6 Å². The van der Waals surface area contributed by atoms with Crippen LogP contribution in [0.1, 0.15) is 29.3 Å². The second-order valence-corrected chi connectivity index (χ2v) is 6.53. The molecule has 6 N–H and O–H groups in total. The maximum atomic E-state index is 12.2. The molecule has 0 aliphatic rings. The maximum absolute atomic E-state index is 12.2. The number of hydrogen-bond donors (Lipinski definition) is 4. The Morgan fingerprint density at radius 3 is 2.21 bits per heavy atom. The largest absolute Gasteiger partial charge is 0.480 e. The van der Waals surface area contributed by atoms with Gasteiger partial charge in [0.25, 0.3) is 0 Å². The smallest absolute Gasteiger partial charge is 0.426 e. The summed E-state index contributed by atoms with van der Waals surface area (Å²) in [5.41, 5.74) is 14.0. The zero-order valence-corrected chi connectivity index (χ0v) is 17.7. The number of nitrogens with two attached hydrogens (primary N) is 2. The highest BCUT2D eigenvalue weighted by molar-refractivity contribution is 5.91. The van der Waals surface area contributed by atoms with Crippen LogP contribution in [0.15, 0.2) is 53.5 Å². The van der Waals surface area contributed by atoms with Gasteiger partial charge in [-0.2, -0.15) is 0 Å². The van der Waals surface area contributed by atoms with Crippen molar-refractivity contribution in [1.82, 2.24) is 10.4 Å². The quantitative estimate of drug-likeness (QED) is 0.149. The summed E-state index contributed by atoms with van der Waals surface area (Å²) in [7, 11) is 0. The first-order chi connectivity index (χ1) is 15.7. The van der Waals surface area contributed by atoms with Gasteiger partial charge >= 0.3 is 18.0 Å². The summed E-state index contributed by atoms with van der Waals surface area (Å²) >= 11 is 0. The number of aliphatic imine (C=N–C) groups is 1. The van der Waals surface area contributed by atoms with E-state index in [4.69, 9.17) is 26.0 Å². The van der Waals surface area contributed by atoms with Crippen molar-refractivity contribution in [3.05, 3.63) is 59.7 Å². The number of nitrogens with one attached hydrogen (secondary N) is 1. The predicted molar refractivity (Wildman–Crippen MR) is 116 cm³/mol. The average Bonchev–Trinajstić information content (AvgIpc) is 2.77. The van der Waals surface area contributed by atoms with Crippen molar-refractivity contribution in [3.8, 4) is 5.75 Å². The molecule has 0 saturated carbocycles. The summed E-state index contributed by atoms with van der Waals surface area (Å²) < 4.78 is 10.3. The molecule has 0 saturated heterocycles. The van der Waals surface area contributed by atoms with E-state index in [1.165, 1.54) is 31.2 Å². The molecule has 0 atom stereocenters. The second kappa shape index (κ2) is 11.7. The highest BCUT2D eigenvalue weighted by Gasteiger charge is 2.18. The average molecular weight is 457 g/mol. The number of hydrogen-bond acceptors (Lipinski definition) is 7. The number of benzene rings is 2. The van der Waals surface area contributed by atoms with Gasteiger partial charge < -0.3 is 26.0 Å². The highest BCUT2D eigenvalue weighted by atomic mass is 16.6. The van der Waals surface area contributed by atoms with E-state index in [2.05, 4.69) is 10.4 Å². The lowest BCUT2D eigenvalue weighted by molar-refractivity contribution is -0.146. The van der Waals surface area contributed by atoms with Gasteiger partial charge in [0, 0.05) is 6.42 Å². The van der Waals surface area contributed by atoms with Crippen LogP contribution < -0.4 is 21.6 Å². The first kappa shape index (κ1) is 24.7. The Hall–Kier alpha value is -4.61. The molecule has 0 radical (unpaired) electrons. The molecule has 33 heavy (non-hydrogen) atoms. The van der Waals surface area contributed by atoms with Crippen LogP contribution >= 0.6 is 0 Å². The van der Waals surface area contributed by atoms with E-state index in [0.717, 1.165) is 0 Å². The molecule has 2 aromatic rings. The minimum atomic E-state index is -1.29. The molecule has 0 unspecified atom stereocenters. The number of esters is 1. The van der Waals surface area contributed by atoms with E-state index in [-0.39, 0.29) is 24.7 Å². The molecule has 0 aliphatic carbocycles. The summed E-state index contributed by atoms with van der Waals surface area (Å²) in [6, 6.07) is 12.3. The normalized spacial score (nSPS) is 9.97. The molecule has 2 amide bonds. The summed E-state index contributed by atoms with van der Waals surface area (Å²) in [5.74, 6) is -2.28. The number of nitrogens with zero attached hydrogens (tertiary/aromatic N) is 2. The zero-order valence-electron chi connectivity index (χ0n) is 17.7. The monoisotopic (exact) mass is 457 g/mol. The van der Waals surface area contributed by atoms with E-state index in [1.54, 1.807) is 24.3 Å². The van der Waals surface area contributed by atoms with Crippen LogP contribution in [0.5, 0.6) is 5.75 Å². The first-order valence-electron chi connectivity index (χ1n) is 9.64. The van der Waals surface area contributed by atoms with Crippen LogP contribution in [0.4, 0.5) is 10.5 Å². The van der Waals surface area contributed by atoms with Gasteiger partial charge in [-0.05, 0) is 42.0 Å². The van der Waals surface area contributed by atoms with Crippen LogP contribution in [0, 0.1) is 0 Å². The molecule has 0 fully saturated rings. The Morgan fingerprint density at radius 1 is 1.03 bits per heavy atom. The van der Waals surface area contributed by atoms with E-state index < -0.39 is 30.5 Å². The number of amides is 2. The van der Waals surface area contributed by atoms with Crippen molar-refractivity contribution in [3.63, 3.8) is 0 Å². The lowest BCUT2D eigenvalue weighted by Crippen LogP contribution is -2.48. The van der Waals surface area contributed by atoms with Crippen molar-refractivity contribution in [2.75, 3.05) is 6.54 Å². The van der Waals surface area contributed by atoms with Crippen LogP contribution in [0.2, 0.25) is 0 Å². The number of ether oxygens (including phenoxy) is 2. The van der Waals surface area contributed by atoms with Gasteiger partial charge in [0.05, 0.1) is 11.3 Å². The number of carboxylic acid groups (broad SMARTS) is 1. The SMILES string of the molecule is CCC(=O)N(CC(=O)O)NC(=O)OCc1ccc(OC(=O)c2ccc(N=C(N)N)cc2)cc1. The van der Waals surface area contributed by atoms with E-state index in [9.17, 15) is 19.2 Å². The summed E-state index contributed by atoms with van der Waals surface area (Å²) in [6.45, 7) is 0.673. The van der Waals surface area contributed by atoms with E-state index >= 15 is 0 Å². The summed E-state index contributed by atoms with van der Waals surface area (Å²) in [4.78, 5) is 50.5. The third kappa shape index (κ3) is 8.20. The third-order valence-corrected chi connectivity index (χ3v) is 3.99. The number of rotatable bonds is 8. The predicted octanol–water partition coefficient (Wildman–Crippen LogP) is 1.28. The fourth-order valence-electron chi connectivity index (χ4n) is 2.45. The summed E-state index contributed by atoms with van der Waals surface area (Å²) in [6.07, 6.45) is -0.980. The molecule has 2 rings (SSSR count). The third-order valence-electron chi connectivity index (χ3n) is 3.99. The van der Waals surface area contributed by atoms with Crippen molar-refractivity contribution in [1.29, 1.82) is 0 Å². The maximum Gasteiger partial charge on any atom is 0.426 e. The number of aliphatic carboxylic acids is 1. The Labute approximate surface area is 188 Å². The zero-order chi connectivity index (χ0) is 24.4. The van der Waals surface area contributed by atoms with Gasteiger partial charge in [-0.1, -0.05) is 19.1 Å². The first-order valence-corrected chi connectivity index (χ1v) is 9.64. The van der Waals surface area contributed by atoms with Crippen molar-refractivity contribution in [2.24, 2.45) is 16.5 Å². The number of guanidine groups is 1. The van der Waals surface area contributed by atoms with E-state index in [1.807, 2.05) is 0 Å². The molecule has 12 nitrogen and oxygen atoms in total. The standard InChI is InChI=1S/C21H23N5O7/c1-2-17(27)26(11-18(28)29)25-21(31)32-12-13-3-9-16(10-4-13)33-19(30)14-5-7-15(8-6-14)24-20(22)23/h3-10H,2,11-12H2,1H3,(H,25,31)(H,28,29)(H4,22,23,24). The Balaban J connectivity index is 1.88. The van der Waals surface area contributed by atoms with E-state index in [0.29, 0.717) is 21.8 Å². The molecule has 0 bridgehead atoms. The second-order valence-electron chi connectivity index (χ2n) is 6.53. The number of carbonyl (C=O) groups is 4. The molecule has 174 valence electrons. The molecule has 0 heterocycles. The van der Waals surface area contributed by atoms with Gasteiger partial charge in [0.15, 0.2) is 5.96 Å². The van der Waals surface area contributed by atoms with Crippen molar-refractivity contribution >= 4 is 35.6 Å². The van der Waals surface area contributed by atoms with Gasteiger partial charge in [0.2, 0.25) is 5.91 Å². The van der Waals surface area contributed by atoms with Gasteiger partial charge in [0.1, 0.15) is 18.9 Å². The summed E-state index contributed by atoms with van der Waals surface area (Å²) in [5, 5.41) is 9.48.